The first kappa shape index (κ1) is 16.5. The molecule has 0 aromatic rings. The second kappa shape index (κ2) is 5.46. The molecule has 0 N–H and O–H groups in total. The zero-order valence-corrected chi connectivity index (χ0v) is 13.9. The lowest BCUT2D eigenvalue weighted by Gasteiger charge is -2.42. The van der Waals surface area contributed by atoms with Gasteiger partial charge in [0.25, 0.3) is 0 Å². The van der Waals surface area contributed by atoms with Gasteiger partial charge in [-0.2, -0.15) is 0 Å². The molecule has 0 aromatic heterocycles. The van der Waals surface area contributed by atoms with Crippen LogP contribution in [0.3, 0.4) is 0 Å². The highest BCUT2D eigenvalue weighted by Gasteiger charge is 2.48. The van der Waals surface area contributed by atoms with Crippen molar-refractivity contribution in [3.63, 3.8) is 0 Å². The molecule has 1 unspecified atom stereocenters. The zero-order valence-electron chi connectivity index (χ0n) is 13.9. The van der Waals surface area contributed by atoms with E-state index in [0.717, 1.165) is 19.3 Å². The molecule has 2 nitrogen and oxygen atoms in total. The number of hydrogen-bond acceptors (Lipinski definition) is 2. The number of esters is 1. The minimum absolute atomic E-state index is 0.00176. The van der Waals surface area contributed by atoms with Crippen LogP contribution in [0.4, 0.5) is 0 Å². The van der Waals surface area contributed by atoms with Gasteiger partial charge in [-0.05, 0) is 57.3 Å². The summed E-state index contributed by atoms with van der Waals surface area (Å²) < 4.78 is 5.95. The molecule has 0 saturated heterocycles. The van der Waals surface area contributed by atoms with Crippen molar-refractivity contribution in [2.75, 3.05) is 0 Å². The largest absolute Gasteiger partial charge is 0.459 e. The monoisotopic (exact) mass is 268 g/mol. The summed E-state index contributed by atoms with van der Waals surface area (Å²) in [5.41, 5.74) is -0.712. The summed E-state index contributed by atoms with van der Waals surface area (Å²) in [6.07, 6.45) is 5.27. The van der Waals surface area contributed by atoms with E-state index in [0.29, 0.717) is 5.92 Å². The number of carbonyl (C=O) groups excluding carboxylic acids is 1. The Morgan fingerprint density at radius 3 is 2.00 bits per heavy atom. The maximum atomic E-state index is 12.8. The molecule has 0 aromatic carbocycles. The van der Waals surface area contributed by atoms with E-state index < -0.39 is 5.41 Å². The zero-order chi connectivity index (χ0) is 14.9. The highest BCUT2D eigenvalue weighted by Crippen LogP contribution is 2.46. The van der Waals surface area contributed by atoms with Crippen LogP contribution in [0.15, 0.2) is 0 Å². The molecule has 0 amide bonds. The van der Waals surface area contributed by atoms with Gasteiger partial charge in [-0.3, -0.25) is 4.79 Å². The van der Waals surface area contributed by atoms with Gasteiger partial charge in [0.2, 0.25) is 0 Å². The first-order chi connectivity index (χ1) is 8.50. The summed E-state index contributed by atoms with van der Waals surface area (Å²) >= 11 is 0. The van der Waals surface area contributed by atoms with E-state index in [1.54, 1.807) is 0 Å². The third kappa shape index (κ3) is 3.73. The molecular formula is C17H32O2. The van der Waals surface area contributed by atoms with Crippen molar-refractivity contribution in [3.05, 3.63) is 0 Å². The molecule has 1 atom stereocenters. The van der Waals surface area contributed by atoms with Crippen molar-refractivity contribution in [1.29, 1.82) is 0 Å². The molecule has 0 heterocycles. The molecule has 1 aliphatic rings. The minimum atomic E-state index is -0.410. The van der Waals surface area contributed by atoms with E-state index >= 15 is 0 Å². The quantitative estimate of drug-likeness (QED) is 0.673. The molecule has 0 aliphatic heterocycles. The first-order valence-electron chi connectivity index (χ1n) is 7.74. The SMILES string of the molecule is CC(C)CC(C)(C(=O)OC1(C)CCCC1)C(C)(C)C. The number of rotatable bonds is 4. The maximum absolute atomic E-state index is 12.8. The third-order valence-electron chi connectivity index (χ3n) is 4.92. The van der Waals surface area contributed by atoms with Crippen molar-refractivity contribution < 1.29 is 9.53 Å². The molecule has 0 spiro atoms. The highest BCUT2D eigenvalue weighted by atomic mass is 16.6. The van der Waals surface area contributed by atoms with Crippen LogP contribution in [0.25, 0.3) is 0 Å². The molecule has 1 fully saturated rings. The van der Waals surface area contributed by atoms with Crippen molar-refractivity contribution >= 4 is 5.97 Å². The number of hydrogen-bond donors (Lipinski definition) is 0. The van der Waals surface area contributed by atoms with Gasteiger partial charge in [0.05, 0.1) is 5.41 Å². The van der Waals surface area contributed by atoms with Gasteiger partial charge < -0.3 is 4.74 Å². The molecule has 0 bridgehead atoms. The van der Waals surface area contributed by atoms with Crippen molar-refractivity contribution in [2.45, 2.75) is 86.2 Å². The Morgan fingerprint density at radius 1 is 1.16 bits per heavy atom. The van der Waals surface area contributed by atoms with E-state index in [2.05, 4.69) is 48.5 Å². The Hall–Kier alpha value is -0.530. The predicted molar refractivity (Wildman–Crippen MR) is 80.0 cm³/mol. The van der Waals surface area contributed by atoms with Crippen molar-refractivity contribution in [2.24, 2.45) is 16.7 Å². The average molecular weight is 268 g/mol. The summed E-state index contributed by atoms with van der Waals surface area (Å²) in [4.78, 5) is 12.8. The van der Waals surface area contributed by atoms with Gasteiger partial charge in [0.15, 0.2) is 0 Å². The second-order valence-corrected chi connectivity index (χ2v) is 8.23. The van der Waals surface area contributed by atoms with E-state index in [1.165, 1.54) is 12.8 Å². The third-order valence-corrected chi connectivity index (χ3v) is 4.92. The van der Waals surface area contributed by atoms with Gasteiger partial charge >= 0.3 is 5.97 Å². The van der Waals surface area contributed by atoms with Gasteiger partial charge in [0, 0.05) is 0 Å². The lowest BCUT2D eigenvalue weighted by Crippen LogP contribution is -2.45. The Bertz CT molecular complexity index is 319. The summed E-state index contributed by atoms with van der Waals surface area (Å²) in [6, 6.07) is 0. The standard InChI is InChI=1S/C17H32O2/c1-13(2)12-17(7,15(3,4)5)14(18)19-16(6)10-8-9-11-16/h13H,8-12H2,1-7H3. The molecular weight excluding hydrogens is 236 g/mol. The highest BCUT2D eigenvalue weighted by molar-refractivity contribution is 5.77. The summed E-state index contributed by atoms with van der Waals surface area (Å²) in [5.74, 6) is 0.492. The van der Waals surface area contributed by atoms with Crippen LogP contribution >= 0.6 is 0 Å². The van der Waals surface area contributed by atoms with Gasteiger partial charge in [-0.1, -0.05) is 34.6 Å². The lowest BCUT2D eigenvalue weighted by molar-refractivity contribution is -0.177. The average Bonchev–Trinajstić information content (AvgIpc) is 2.61. The van der Waals surface area contributed by atoms with Gasteiger partial charge in [-0.15, -0.1) is 0 Å². The van der Waals surface area contributed by atoms with Crippen LogP contribution in [0.1, 0.15) is 80.6 Å². The fourth-order valence-electron chi connectivity index (χ4n) is 3.07. The molecule has 1 saturated carbocycles. The van der Waals surface area contributed by atoms with Crippen LogP contribution in [0.5, 0.6) is 0 Å². The Morgan fingerprint density at radius 2 is 1.63 bits per heavy atom. The van der Waals surface area contributed by atoms with Crippen LogP contribution < -0.4 is 0 Å². The Kier molecular flexibility index (Phi) is 4.75. The summed E-state index contributed by atoms with van der Waals surface area (Å²) in [6.45, 7) is 15.0. The topological polar surface area (TPSA) is 26.3 Å². The summed E-state index contributed by atoms with van der Waals surface area (Å²) in [5, 5.41) is 0. The Balaban J connectivity index is 2.89. The van der Waals surface area contributed by atoms with Crippen LogP contribution in [-0.4, -0.2) is 11.6 Å². The predicted octanol–water partition coefficient (Wildman–Crippen LogP) is 4.96. The van der Waals surface area contributed by atoms with Crippen LogP contribution in [-0.2, 0) is 9.53 Å². The first-order valence-corrected chi connectivity index (χ1v) is 7.74. The fourth-order valence-corrected chi connectivity index (χ4v) is 3.07. The second-order valence-electron chi connectivity index (χ2n) is 8.23. The minimum Gasteiger partial charge on any atom is -0.459 e. The molecule has 1 aliphatic carbocycles. The maximum Gasteiger partial charge on any atom is 0.312 e. The lowest BCUT2D eigenvalue weighted by atomic mass is 9.64. The molecule has 2 heteroatoms. The molecule has 1 rings (SSSR count). The number of ether oxygens (including phenoxy) is 1. The van der Waals surface area contributed by atoms with Gasteiger partial charge in [-0.25, -0.2) is 0 Å². The molecule has 112 valence electrons. The van der Waals surface area contributed by atoms with Crippen LogP contribution in [0, 0.1) is 16.7 Å². The van der Waals surface area contributed by atoms with Crippen LogP contribution in [0.2, 0.25) is 0 Å². The Labute approximate surface area is 119 Å². The summed E-state index contributed by atoms with van der Waals surface area (Å²) in [7, 11) is 0. The van der Waals surface area contributed by atoms with Gasteiger partial charge in [0.1, 0.15) is 5.60 Å². The van der Waals surface area contributed by atoms with E-state index in [4.69, 9.17) is 4.74 Å². The molecule has 19 heavy (non-hydrogen) atoms. The normalized spacial score (nSPS) is 22.3. The van der Waals surface area contributed by atoms with Crippen molar-refractivity contribution in [3.8, 4) is 0 Å². The van der Waals surface area contributed by atoms with E-state index in [-0.39, 0.29) is 17.0 Å². The number of carbonyl (C=O) groups is 1. The van der Waals surface area contributed by atoms with E-state index in [9.17, 15) is 4.79 Å². The van der Waals surface area contributed by atoms with E-state index in [1.807, 2.05) is 0 Å². The van der Waals surface area contributed by atoms with Crippen molar-refractivity contribution in [1.82, 2.24) is 0 Å². The smallest absolute Gasteiger partial charge is 0.312 e. The fraction of sp³-hybridized carbons (Fsp3) is 0.941. The molecule has 0 radical (unpaired) electrons.